The van der Waals surface area contributed by atoms with Gasteiger partial charge in [0.05, 0.1) is 0 Å². The Morgan fingerprint density at radius 2 is 1.20 bits per heavy atom. The van der Waals surface area contributed by atoms with Gasteiger partial charge in [0.15, 0.2) is 23.3 Å². The Bertz CT molecular complexity index is 657. The van der Waals surface area contributed by atoms with Crippen molar-refractivity contribution in [3.8, 4) is 0 Å². The van der Waals surface area contributed by atoms with Crippen LogP contribution in [0.15, 0.2) is 18.2 Å². The third-order valence-electron chi connectivity index (χ3n) is 2.90. The second-order valence-corrected chi connectivity index (χ2v) is 4.32. The average Bonchev–Trinajstić information content (AvgIpc) is 2.38. The van der Waals surface area contributed by atoms with Crippen molar-refractivity contribution in [2.45, 2.75) is 6.92 Å². The molecule has 0 aliphatic rings. The van der Waals surface area contributed by atoms with Crippen molar-refractivity contribution in [1.29, 1.82) is 0 Å². The zero-order valence-electron chi connectivity index (χ0n) is 10.2. The highest BCUT2D eigenvalue weighted by molar-refractivity contribution is 6.67. The van der Waals surface area contributed by atoms with Crippen LogP contribution in [0.25, 0.3) is 0 Å². The molecule has 0 N–H and O–H groups in total. The maximum Gasteiger partial charge on any atom is 0.204 e. The maximum atomic E-state index is 13.5. The number of hydrogen-bond acceptors (Lipinski definition) is 0. The van der Waals surface area contributed by atoms with Crippen LogP contribution in [0.4, 0.5) is 26.3 Å². The molecule has 0 nitrogen and oxygen atoms in total. The topological polar surface area (TPSA) is 0 Å². The lowest BCUT2D eigenvalue weighted by atomic mass is 9.63. The monoisotopic (exact) mass is 288 g/mol. The molecule has 0 radical (unpaired) electrons. The molecule has 0 aliphatic carbocycles. The fourth-order valence-corrected chi connectivity index (χ4v) is 1.82. The SMILES string of the molecule is Cc1cc(Bc2c(F)c(F)cc(F)c2F)c(F)cc1F. The molecule has 0 fully saturated rings. The van der Waals surface area contributed by atoms with Crippen LogP contribution in [-0.2, 0) is 0 Å². The molecule has 0 saturated carbocycles. The first-order valence-corrected chi connectivity index (χ1v) is 5.57. The molecule has 0 atom stereocenters. The average molecular weight is 288 g/mol. The molecule has 0 amide bonds. The first-order valence-electron chi connectivity index (χ1n) is 5.57. The Morgan fingerprint density at radius 3 is 1.75 bits per heavy atom. The molecule has 20 heavy (non-hydrogen) atoms. The Hall–Kier alpha value is -1.92. The van der Waals surface area contributed by atoms with Crippen LogP contribution in [-0.4, -0.2) is 7.28 Å². The van der Waals surface area contributed by atoms with Crippen molar-refractivity contribution in [3.63, 3.8) is 0 Å². The van der Waals surface area contributed by atoms with E-state index in [0.717, 1.165) is 6.07 Å². The Morgan fingerprint density at radius 1 is 0.700 bits per heavy atom. The number of benzene rings is 2. The quantitative estimate of drug-likeness (QED) is 0.451. The molecule has 0 heterocycles. The van der Waals surface area contributed by atoms with Gasteiger partial charge in [0, 0.05) is 12.1 Å². The summed E-state index contributed by atoms with van der Waals surface area (Å²) >= 11 is 0. The highest BCUT2D eigenvalue weighted by atomic mass is 19.2. The predicted octanol–water partition coefficient (Wildman–Crippen LogP) is 2.22. The summed E-state index contributed by atoms with van der Waals surface area (Å²) in [7, 11) is -0.723. The van der Waals surface area contributed by atoms with Crippen molar-refractivity contribution in [2.24, 2.45) is 0 Å². The first-order chi connectivity index (χ1) is 9.31. The van der Waals surface area contributed by atoms with Gasteiger partial charge in [-0.2, -0.15) is 0 Å². The van der Waals surface area contributed by atoms with Gasteiger partial charge in [-0.1, -0.05) is 6.07 Å². The molecule has 0 aliphatic heterocycles. The molecule has 2 aromatic rings. The van der Waals surface area contributed by atoms with Crippen LogP contribution in [0.5, 0.6) is 0 Å². The highest BCUT2D eigenvalue weighted by Crippen LogP contribution is 2.11. The van der Waals surface area contributed by atoms with E-state index in [1.807, 2.05) is 0 Å². The highest BCUT2D eigenvalue weighted by Gasteiger charge is 2.21. The molecular formula is C13H7BF6. The second-order valence-electron chi connectivity index (χ2n) is 4.32. The van der Waals surface area contributed by atoms with Gasteiger partial charge < -0.3 is 0 Å². The summed E-state index contributed by atoms with van der Waals surface area (Å²) in [5.74, 6) is -8.19. The van der Waals surface area contributed by atoms with E-state index in [2.05, 4.69) is 0 Å². The summed E-state index contributed by atoms with van der Waals surface area (Å²) in [6, 6.07) is 1.66. The lowest BCUT2D eigenvalue weighted by molar-refractivity contribution is 0.463. The maximum absolute atomic E-state index is 13.5. The van der Waals surface area contributed by atoms with E-state index in [4.69, 9.17) is 0 Å². The van der Waals surface area contributed by atoms with Crippen LogP contribution >= 0.6 is 0 Å². The third-order valence-corrected chi connectivity index (χ3v) is 2.90. The van der Waals surface area contributed by atoms with Crippen LogP contribution in [0, 0.1) is 41.8 Å². The Labute approximate surface area is 111 Å². The van der Waals surface area contributed by atoms with Gasteiger partial charge in [-0.15, -0.1) is 0 Å². The summed E-state index contributed by atoms with van der Waals surface area (Å²) in [6.07, 6.45) is 0. The van der Waals surface area contributed by atoms with E-state index in [1.54, 1.807) is 0 Å². The molecule has 104 valence electrons. The molecule has 7 heteroatoms. The van der Waals surface area contributed by atoms with Gasteiger partial charge in [0.2, 0.25) is 7.28 Å². The predicted molar refractivity (Wildman–Crippen MR) is 63.8 cm³/mol. The van der Waals surface area contributed by atoms with E-state index in [9.17, 15) is 26.3 Å². The zero-order chi connectivity index (χ0) is 15.0. The minimum absolute atomic E-state index is 0.0547. The summed E-state index contributed by atoms with van der Waals surface area (Å²) in [5.41, 5.74) is -1.14. The van der Waals surface area contributed by atoms with Crippen LogP contribution in [0.3, 0.4) is 0 Å². The van der Waals surface area contributed by atoms with Crippen molar-refractivity contribution < 1.29 is 26.3 Å². The summed E-state index contributed by atoms with van der Waals surface area (Å²) in [4.78, 5) is 0. The van der Waals surface area contributed by atoms with Gasteiger partial charge in [0.25, 0.3) is 0 Å². The molecule has 0 saturated heterocycles. The molecule has 0 spiro atoms. The van der Waals surface area contributed by atoms with Crippen molar-refractivity contribution in [1.82, 2.24) is 0 Å². The normalized spacial score (nSPS) is 10.8. The Kier molecular flexibility index (Phi) is 3.79. The van der Waals surface area contributed by atoms with E-state index < -0.39 is 47.6 Å². The van der Waals surface area contributed by atoms with E-state index >= 15 is 0 Å². The van der Waals surface area contributed by atoms with Crippen molar-refractivity contribution >= 4 is 18.2 Å². The molecule has 2 rings (SSSR count). The smallest absolute Gasteiger partial charge is 0.204 e. The number of aryl methyl sites for hydroxylation is 1. The van der Waals surface area contributed by atoms with Crippen molar-refractivity contribution in [3.05, 3.63) is 58.7 Å². The fourth-order valence-electron chi connectivity index (χ4n) is 1.82. The van der Waals surface area contributed by atoms with Crippen LogP contribution in [0.2, 0.25) is 0 Å². The number of halogens is 6. The van der Waals surface area contributed by atoms with E-state index in [0.29, 0.717) is 6.07 Å². The molecule has 0 aromatic heterocycles. The Balaban J connectivity index is 2.53. The number of rotatable bonds is 2. The lowest BCUT2D eigenvalue weighted by Gasteiger charge is -2.08. The summed E-state index contributed by atoms with van der Waals surface area (Å²) < 4.78 is 79.6. The zero-order valence-corrected chi connectivity index (χ0v) is 10.2. The minimum atomic E-state index is -1.59. The summed E-state index contributed by atoms with van der Waals surface area (Å²) in [5, 5.41) is 0. The second kappa shape index (κ2) is 5.23. The van der Waals surface area contributed by atoms with E-state index in [1.165, 1.54) is 6.92 Å². The van der Waals surface area contributed by atoms with Crippen LogP contribution < -0.4 is 10.9 Å². The fraction of sp³-hybridized carbons (Fsp3) is 0.0769. The lowest BCUT2D eigenvalue weighted by Crippen LogP contribution is -2.36. The largest absolute Gasteiger partial charge is 0.207 e. The van der Waals surface area contributed by atoms with E-state index in [-0.39, 0.29) is 17.1 Å². The summed E-state index contributed by atoms with van der Waals surface area (Å²) in [6.45, 7) is 1.33. The standard InChI is InChI=1S/C13H7BF6/c1-5-2-6(8(16)3-7(5)15)14-11-12(19)9(17)4-10(18)13(11)20/h2-4,14H,1H3. The van der Waals surface area contributed by atoms with Gasteiger partial charge >= 0.3 is 0 Å². The van der Waals surface area contributed by atoms with Crippen LogP contribution in [0.1, 0.15) is 5.56 Å². The third kappa shape index (κ3) is 2.52. The molecular weight excluding hydrogens is 281 g/mol. The van der Waals surface area contributed by atoms with Gasteiger partial charge in [0.1, 0.15) is 11.6 Å². The molecule has 0 bridgehead atoms. The minimum Gasteiger partial charge on any atom is -0.207 e. The molecule has 0 unspecified atom stereocenters. The van der Waals surface area contributed by atoms with Gasteiger partial charge in [-0.3, -0.25) is 0 Å². The molecule has 2 aromatic carbocycles. The van der Waals surface area contributed by atoms with Gasteiger partial charge in [-0.05, 0) is 23.4 Å². The van der Waals surface area contributed by atoms with Gasteiger partial charge in [-0.25, -0.2) is 26.3 Å². The number of hydrogen-bond donors (Lipinski definition) is 0. The first kappa shape index (κ1) is 14.5. The van der Waals surface area contributed by atoms with Crippen molar-refractivity contribution in [2.75, 3.05) is 0 Å².